The van der Waals surface area contributed by atoms with Gasteiger partial charge < -0.3 is 15.2 Å². The van der Waals surface area contributed by atoms with E-state index in [1.54, 1.807) is 0 Å². The molecule has 1 aliphatic rings. The number of hydrogen-bond acceptors (Lipinski definition) is 4. The first-order valence-electron chi connectivity index (χ1n) is 8.30. The Kier molecular flexibility index (Phi) is 5.39. The third-order valence-corrected chi connectivity index (χ3v) is 5.22. The fourth-order valence-electron chi connectivity index (χ4n) is 3.11. The van der Waals surface area contributed by atoms with E-state index in [-0.39, 0.29) is 0 Å². The lowest BCUT2D eigenvalue weighted by atomic mass is 9.94. The Bertz CT molecular complexity index is 691. The predicted octanol–water partition coefficient (Wildman–Crippen LogP) is 2.88. The van der Waals surface area contributed by atoms with Crippen LogP contribution in [0.1, 0.15) is 29.8 Å². The highest BCUT2D eigenvalue weighted by Gasteiger charge is 2.29. The summed E-state index contributed by atoms with van der Waals surface area (Å²) in [5, 5.41) is 18.6. The maximum Gasteiger partial charge on any atom is 0.0815 e. The Labute approximate surface area is 151 Å². The molecule has 24 heavy (non-hydrogen) atoms. The van der Waals surface area contributed by atoms with Crippen molar-refractivity contribution in [3.8, 4) is 5.69 Å². The van der Waals surface area contributed by atoms with E-state index >= 15 is 0 Å². The molecule has 3 rings (SSSR count). The van der Waals surface area contributed by atoms with E-state index < -0.39 is 5.60 Å². The molecule has 1 aromatic heterocycles. The monoisotopic (exact) mass is 393 g/mol. The molecule has 1 aliphatic heterocycles. The van der Waals surface area contributed by atoms with Gasteiger partial charge in [-0.3, -0.25) is 0 Å². The van der Waals surface area contributed by atoms with Crippen molar-refractivity contribution in [3.05, 3.63) is 45.7 Å². The Morgan fingerprint density at radius 3 is 2.58 bits per heavy atom. The average molecular weight is 394 g/mol. The van der Waals surface area contributed by atoms with Crippen LogP contribution in [0.25, 0.3) is 5.69 Å². The zero-order valence-corrected chi connectivity index (χ0v) is 15.8. The fourth-order valence-corrected chi connectivity index (χ4v) is 3.38. The number of benzene rings is 1. The maximum atomic E-state index is 10.5. The molecule has 0 spiro atoms. The summed E-state index contributed by atoms with van der Waals surface area (Å²) in [6.07, 6.45) is 1.38. The summed E-state index contributed by atoms with van der Waals surface area (Å²) in [7, 11) is 0. The van der Waals surface area contributed by atoms with Crippen LogP contribution in [-0.4, -0.2) is 40.2 Å². The molecule has 2 heterocycles. The lowest BCUT2D eigenvalue weighted by molar-refractivity contribution is -0.0617. The van der Waals surface area contributed by atoms with Gasteiger partial charge in [0.15, 0.2) is 0 Å². The van der Waals surface area contributed by atoms with Crippen LogP contribution >= 0.6 is 15.9 Å². The SMILES string of the molecule is Cc1nn(-c2ccc(Br)cc2)c(C)c1CNCC1(O)CCOCC1. The van der Waals surface area contributed by atoms with Crippen molar-refractivity contribution < 1.29 is 9.84 Å². The van der Waals surface area contributed by atoms with Crippen LogP contribution in [0.4, 0.5) is 0 Å². The van der Waals surface area contributed by atoms with Gasteiger partial charge in [0.1, 0.15) is 0 Å². The zero-order valence-electron chi connectivity index (χ0n) is 14.2. The van der Waals surface area contributed by atoms with Crippen molar-refractivity contribution in [2.24, 2.45) is 0 Å². The van der Waals surface area contributed by atoms with Gasteiger partial charge in [0.2, 0.25) is 0 Å². The number of aliphatic hydroxyl groups is 1. The Morgan fingerprint density at radius 1 is 1.25 bits per heavy atom. The van der Waals surface area contributed by atoms with E-state index in [4.69, 9.17) is 4.74 Å². The minimum Gasteiger partial charge on any atom is -0.388 e. The Hall–Kier alpha value is -1.21. The molecule has 130 valence electrons. The number of hydrogen-bond donors (Lipinski definition) is 2. The molecular weight excluding hydrogens is 370 g/mol. The van der Waals surface area contributed by atoms with Gasteiger partial charge in [0.05, 0.1) is 17.0 Å². The van der Waals surface area contributed by atoms with Crippen LogP contribution in [0.2, 0.25) is 0 Å². The highest BCUT2D eigenvalue weighted by Crippen LogP contribution is 2.22. The van der Waals surface area contributed by atoms with Gasteiger partial charge in [0.25, 0.3) is 0 Å². The van der Waals surface area contributed by atoms with Crippen LogP contribution in [0.15, 0.2) is 28.7 Å². The highest BCUT2D eigenvalue weighted by molar-refractivity contribution is 9.10. The van der Waals surface area contributed by atoms with Crippen LogP contribution in [0, 0.1) is 13.8 Å². The lowest BCUT2D eigenvalue weighted by Gasteiger charge is -2.32. The standard InChI is InChI=1S/C18H24BrN3O2/c1-13-17(11-20-12-18(23)7-9-24-10-8-18)14(2)22(21-13)16-5-3-15(19)4-6-16/h3-6,20,23H,7-12H2,1-2H3. The predicted molar refractivity (Wildman–Crippen MR) is 97.4 cm³/mol. The van der Waals surface area contributed by atoms with Crippen molar-refractivity contribution in [3.63, 3.8) is 0 Å². The van der Waals surface area contributed by atoms with Gasteiger partial charge in [0, 0.05) is 54.9 Å². The van der Waals surface area contributed by atoms with Gasteiger partial charge in [-0.2, -0.15) is 5.10 Å². The first kappa shape index (κ1) is 17.6. The van der Waals surface area contributed by atoms with Crippen LogP contribution in [0.3, 0.4) is 0 Å². The molecule has 0 unspecified atom stereocenters. The molecule has 1 fully saturated rings. The molecule has 0 atom stereocenters. The van der Waals surface area contributed by atoms with E-state index in [2.05, 4.69) is 33.3 Å². The van der Waals surface area contributed by atoms with Crippen LogP contribution in [0.5, 0.6) is 0 Å². The molecule has 2 N–H and O–H groups in total. The third-order valence-electron chi connectivity index (χ3n) is 4.69. The Morgan fingerprint density at radius 2 is 1.92 bits per heavy atom. The van der Waals surface area contributed by atoms with E-state index in [0.717, 1.165) is 21.5 Å². The first-order chi connectivity index (χ1) is 11.5. The number of nitrogens with zero attached hydrogens (tertiary/aromatic N) is 2. The van der Waals surface area contributed by atoms with Gasteiger partial charge in [-0.25, -0.2) is 4.68 Å². The summed E-state index contributed by atoms with van der Waals surface area (Å²) in [5.41, 5.74) is 3.73. The topological polar surface area (TPSA) is 59.3 Å². The van der Waals surface area contributed by atoms with Gasteiger partial charge in [-0.05, 0) is 38.1 Å². The fraction of sp³-hybridized carbons (Fsp3) is 0.500. The third kappa shape index (κ3) is 3.88. The van der Waals surface area contributed by atoms with Gasteiger partial charge >= 0.3 is 0 Å². The number of ether oxygens (including phenoxy) is 1. The summed E-state index contributed by atoms with van der Waals surface area (Å²) in [6, 6.07) is 8.13. The molecule has 0 amide bonds. The largest absolute Gasteiger partial charge is 0.388 e. The summed E-state index contributed by atoms with van der Waals surface area (Å²) >= 11 is 3.46. The zero-order chi connectivity index (χ0) is 17.2. The number of rotatable bonds is 5. The van der Waals surface area contributed by atoms with Crippen molar-refractivity contribution in [1.29, 1.82) is 0 Å². The van der Waals surface area contributed by atoms with Crippen LogP contribution < -0.4 is 5.32 Å². The molecule has 0 aliphatic carbocycles. The highest BCUT2D eigenvalue weighted by atomic mass is 79.9. The summed E-state index contributed by atoms with van der Waals surface area (Å²) in [4.78, 5) is 0. The van der Waals surface area contributed by atoms with Crippen molar-refractivity contribution in [1.82, 2.24) is 15.1 Å². The second kappa shape index (κ2) is 7.35. The summed E-state index contributed by atoms with van der Waals surface area (Å²) < 4.78 is 8.35. The quantitative estimate of drug-likeness (QED) is 0.819. The summed E-state index contributed by atoms with van der Waals surface area (Å²) in [6.45, 7) is 6.68. The van der Waals surface area contributed by atoms with E-state index in [9.17, 15) is 5.11 Å². The van der Waals surface area contributed by atoms with Crippen molar-refractivity contribution in [2.45, 2.75) is 38.8 Å². The van der Waals surface area contributed by atoms with E-state index in [1.165, 1.54) is 5.56 Å². The van der Waals surface area contributed by atoms with Crippen molar-refractivity contribution in [2.75, 3.05) is 19.8 Å². The summed E-state index contributed by atoms with van der Waals surface area (Å²) in [5.74, 6) is 0. The van der Waals surface area contributed by atoms with Gasteiger partial charge in [-0.15, -0.1) is 0 Å². The molecule has 1 aromatic carbocycles. The normalized spacial score (nSPS) is 17.2. The molecule has 0 bridgehead atoms. The molecule has 1 saturated heterocycles. The molecule has 6 heteroatoms. The van der Waals surface area contributed by atoms with E-state index in [1.807, 2.05) is 35.9 Å². The maximum absolute atomic E-state index is 10.5. The lowest BCUT2D eigenvalue weighted by Crippen LogP contribution is -2.44. The number of aromatic nitrogens is 2. The molecule has 2 aromatic rings. The second-order valence-electron chi connectivity index (χ2n) is 6.48. The number of nitrogens with one attached hydrogen (secondary N) is 1. The van der Waals surface area contributed by atoms with Gasteiger partial charge in [-0.1, -0.05) is 15.9 Å². The minimum atomic E-state index is -0.651. The molecule has 5 nitrogen and oxygen atoms in total. The average Bonchev–Trinajstić information content (AvgIpc) is 2.84. The first-order valence-corrected chi connectivity index (χ1v) is 9.10. The number of halogens is 1. The minimum absolute atomic E-state index is 0.582. The molecule has 0 saturated carbocycles. The second-order valence-corrected chi connectivity index (χ2v) is 7.39. The Balaban J connectivity index is 1.69. The molecule has 0 radical (unpaired) electrons. The number of aryl methyl sites for hydroxylation is 1. The smallest absolute Gasteiger partial charge is 0.0815 e. The van der Waals surface area contributed by atoms with Crippen molar-refractivity contribution >= 4 is 15.9 Å². The van der Waals surface area contributed by atoms with E-state index in [0.29, 0.717) is 39.1 Å². The van der Waals surface area contributed by atoms with Crippen LogP contribution in [-0.2, 0) is 11.3 Å². The molecular formula is C18H24BrN3O2.